The molecule has 0 N–H and O–H groups in total. The third-order valence-corrected chi connectivity index (χ3v) is 4.03. The highest BCUT2D eigenvalue weighted by Crippen LogP contribution is 2.39. The van der Waals surface area contributed by atoms with E-state index in [1.807, 2.05) is 27.7 Å². The quantitative estimate of drug-likeness (QED) is 0.752. The average Bonchev–Trinajstić information content (AvgIpc) is 2.91. The van der Waals surface area contributed by atoms with Crippen molar-refractivity contribution in [2.45, 2.75) is 51.7 Å². The van der Waals surface area contributed by atoms with Crippen molar-refractivity contribution in [1.29, 1.82) is 0 Å². The van der Waals surface area contributed by atoms with Gasteiger partial charge < -0.3 is 9.64 Å². The van der Waals surface area contributed by atoms with Crippen LogP contribution in [0.5, 0.6) is 0 Å². The van der Waals surface area contributed by atoms with Gasteiger partial charge in [0.15, 0.2) is 5.78 Å². The number of ether oxygens (including phenoxy) is 1. The van der Waals surface area contributed by atoms with Crippen LogP contribution in [0.1, 0.15) is 40.5 Å². The van der Waals surface area contributed by atoms with Crippen molar-refractivity contribution < 1.29 is 9.53 Å². The summed E-state index contributed by atoms with van der Waals surface area (Å²) in [6.07, 6.45) is 2.71. The van der Waals surface area contributed by atoms with Crippen LogP contribution in [0, 0.1) is 11.8 Å². The summed E-state index contributed by atoms with van der Waals surface area (Å²) in [6, 6.07) is 0. The van der Waals surface area contributed by atoms with Gasteiger partial charge in [0.1, 0.15) is 5.60 Å². The number of nitrogens with zero attached hydrogens (tertiary/aromatic N) is 1. The van der Waals surface area contributed by atoms with Gasteiger partial charge in [0, 0.05) is 13.1 Å². The molecular weight excluding hydrogens is 214 g/mol. The normalized spacial score (nSPS) is 31.2. The lowest BCUT2D eigenvalue weighted by atomic mass is 9.85. The highest BCUT2D eigenvalue weighted by molar-refractivity contribution is 5.91. The monoisotopic (exact) mass is 239 g/mol. The molecule has 3 nitrogen and oxygen atoms in total. The second-order valence-electron chi connectivity index (χ2n) is 6.80. The van der Waals surface area contributed by atoms with Gasteiger partial charge in [0.25, 0.3) is 0 Å². The Balaban J connectivity index is 2.00. The van der Waals surface area contributed by atoms with Crippen LogP contribution in [0.4, 0.5) is 0 Å². The SMILES string of the molecule is CN(CC1CC1)CC1C(=O)C(C)(C)OC1(C)C. The Kier molecular flexibility index (Phi) is 3.11. The van der Waals surface area contributed by atoms with Crippen molar-refractivity contribution in [3.63, 3.8) is 0 Å². The van der Waals surface area contributed by atoms with E-state index in [2.05, 4.69) is 11.9 Å². The van der Waals surface area contributed by atoms with Gasteiger partial charge in [-0.15, -0.1) is 0 Å². The van der Waals surface area contributed by atoms with Crippen LogP contribution >= 0.6 is 0 Å². The van der Waals surface area contributed by atoms with Crippen molar-refractivity contribution in [3.8, 4) is 0 Å². The second kappa shape index (κ2) is 4.06. The minimum Gasteiger partial charge on any atom is -0.361 e. The molecule has 1 saturated carbocycles. The fourth-order valence-corrected chi connectivity index (χ4v) is 2.94. The molecule has 98 valence electrons. The predicted octanol–water partition coefficient (Wildman–Crippen LogP) is 2.10. The number of hydrogen-bond donors (Lipinski definition) is 0. The Morgan fingerprint density at radius 1 is 1.24 bits per heavy atom. The maximum absolute atomic E-state index is 12.3. The number of carbonyl (C=O) groups excluding carboxylic acids is 1. The topological polar surface area (TPSA) is 29.5 Å². The van der Waals surface area contributed by atoms with Crippen molar-refractivity contribution in [3.05, 3.63) is 0 Å². The van der Waals surface area contributed by atoms with E-state index in [1.54, 1.807) is 0 Å². The van der Waals surface area contributed by atoms with Gasteiger partial charge in [-0.05, 0) is 53.5 Å². The summed E-state index contributed by atoms with van der Waals surface area (Å²) < 4.78 is 5.91. The highest BCUT2D eigenvalue weighted by Gasteiger charge is 2.53. The molecule has 1 atom stereocenters. The molecule has 0 aromatic heterocycles. The third-order valence-electron chi connectivity index (χ3n) is 4.03. The van der Waals surface area contributed by atoms with Crippen molar-refractivity contribution in [2.75, 3.05) is 20.1 Å². The first-order chi connectivity index (χ1) is 7.72. The summed E-state index contributed by atoms with van der Waals surface area (Å²) in [5.41, 5.74) is -0.951. The first-order valence-corrected chi connectivity index (χ1v) is 6.65. The van der Waals surface area contributed by atoms with Crippen LogP contribution in [-0.4, -0.2) is 42.0 Å². The summed E-state index contributed by atoms with van der Waals surface area (Å²) in [5, 5.41) is 0. The van der Waals surface area contributed by atoms with E-state index in [9.17, 15) is 4.79 Å². The minimum absolute atomic E-state index is 0.00116. The van der Waals surface area contributed by atoms with E-state index >= 15 is 0 Å². The number of carbonyl (C=O) groups is 1. The van der Waals surface area contributed by atoms with E-state index in [0.717, 1.165) is 19.0 Å². The lowest BCUT2D eigenvalue weighted by molar-refractivity contribution is -0.132. The molecule has 0 amide bonds. The zero-order valence-electron chi connectivity index (χ0n) is 11.7. The van der Waals surface area contributed by atoms with Gasteiger partial charge in [-0.25, -0.2) is 0 Å². The van der Waals surface area contributed by atoms with Crippen molar-refractivity contribution >= 4 is 5.78 Å². The fraction of sp³-hybridized carbons (Fsp3) is 0.929. The predicted molar refractivity (Wildman–Crippen MR) is 68.0 cm³/mol. The molecule has 2 fully saturated rings. The van der Waals surface area contributed by atoms with Crippen LogP contribution in [0.2, 0.25) is 0 Å². The lowest BCUT2D eigenvalue weighted by Crippen LogP contribution is -2.40. The Morgan fingerprint density at radius 3 is 2.24 bits per heavy atom. The molecule has 1 unspecified atom stereocenters. The molecule has 1 aliphatic carbocycles. The number of hydrogen-bond acceptors (Lipinski definition) is 3. The lowest BCUT2D eigenvalue weighted by Gasteiger charge is -2.28. The van der Waals surface area contributed by atoms with Crippen LogP contribution < -0.4 is 0 Å². The first-order valence-electron chi connectivity index (χ1n) is 6.65. The molecule has 1 aliphatic heterocycles. The van der Waals surface area contributed by atoms with Gasteiger partial charge in [0.2, 0.25) is 0 Å². The van der Waals surface area contributed by atoms with Crippen molar-refractivity contribution in [2.24, 2.45) is 11.8 Å². The molecule has 0 radical (unpaired) electrons. The van der Waals surface area contributed by atoms with E-state index in [1.165, 1.54) is 12.8 Å². The zero-order chi connectivity index (χ0) is 12.8. The zero-order valence-corrected chi connectivity index (χ0v) is 11.7. The summed E-state index contributed by atoms with van der Waals surface area (Å²) in [7, 11) is 2.12. The Labute approximate surface area is 105 Å². The average molecular weight is 239 g/mol. The largest absolute Gasteiger partial charge is 0.361 e. The summed E-state index contributed by atoms with van der Waals surface area (Å²) >= 11 is 0. The molecule has 0 spiro atoms. The first kappa shape index (κ1) is 13.0. The fourth-order valence-electron chi connectivity index (χ4n) is 2.94. The molecule has 2 rings (SSSR count). The molecule has 0 aromatic carbocycles. The van der Waals surface area contributed by atoms with Gasteiger partial charge in [-0.2, -0.15) is 0 Å². The van der Waals surface area contributed by atoms with Crippen LogP contribution in [-0.2, 0) is 9.53 Å². The molecule has 1 heterocycles. The Bertz CT molecular complexity index is 318. The van der Waals surface area contributed by atoms with Crippen LogP contribution in [0.3, 0.4) is 0 Å². The standard InChI is InChI=1S/C14H25NO2/c1-13(2)11(12(16)14(3,4)17-13)9-15(5)8-10-6-7-10/h10-11H,6-9H2,1-5H3. The third kappa shape index (κ3) is 2.71. The van der Waals surface area contributed by atoms with Gasteiger partial charge in [-0.3, -0.25) is 4.79 Å². The molecule has 3 heteroatoms. The number of rotatable bonds is 4. The Morgan fingerprint density at radius 2 is 1.82 bits per heavy atom. The van der Waals surface area contributed by atoms with Crippen molar-refractivity contribution in [1.82, 2.24) is 4.90 Å². The molecule has 17 heavy (non-hydrogen) atoms. The minimum atomic E-state index is -0.616. The second-order valence-corrected chi connectivity index (χ2v) is 6.80. The highest BCUT2D eigenvalue weighted by atomic mass is 16.5. The molecule has 0 aromatic rings. The molecule has 2 aliphatic rings. The number of ketones is 1. The smallest absolute Gasteiger partial charge is 0.171 e. The number of Topliss-reactive ketones (excluding diaryl/α,β-unsaturated/α-hetero) is 1. The summed E-state index contributed by atoms with van der Waals surface area (Å²) in [6.45, 7) is 9.80. The van der Waals surface area contributed by atoms with E-state index in [0.29, 0.717) is 0 Å². The molecule has 1 saturated heterocycles. The summed E-state index contributed by atoms with van der Waals surface area (Å²) in [5.74, 6) is 1.12. The van der Waals surface area contributed by atoms with Gasteiger partial charge in [0.05, 0.1) is 11.5 Å². The maximum Gasteiger partial charge on any atom is 0.171 e. The molecule has 0 bridgehead atoms. The van der Waals surface area contributed by atoms with Gasteiger partial charge >= 0.3 is 0 Å². The molecular formula is C14H25NO2. The summed E-state index contributed by atoms with van der Waals surface area (Å²) in [4.78, 5) is 14.6. The maximum atomic E-state index is 12.3. The van der Waals surface area contributed by atoms with E-state index < -0.39 is 5.60 Å². The van der Waals surface area contributed by atoms with E-state index in [4.69, 9.17) is 4.74 Å². The Hall–Kier alpha value is -0.410. The van der Waals surface area contributed by atoms with Crippen LogP contribution in [0.15, 0.2) is 0 Å². The van der Waals surface area contributed by atoms with Crippen LogP contribution in [0.25, 0.3) is 0 Å². The van der Waals surface area contributed by atoms with E-state index in [-0.39, 0.29) is 17.3 Å². The van der Waals surface area contributed by atoms with Gasteiger partial charge in [-0.1, -0.05) is 0 Å².